The summed E-state index contributed by atoms with van der Waals surface area (Å²) in [5.74, 6) is 1.67. The van der Waals surface area contributed by atoms with Crippen LogP contribution in [0.1, 0.15) is 45.5 Å². The molecule has 0 atom stereocenters. The van der Waals surface area contributed by atoms with Crippen molar-refractivity contribution in [2.24, 2.45) is 0 Å². The van der Waals surface area contributed by atoms with Crippen molar-refractivity contribution in [2.75, 3.05) is 5.73 Å². The molecule has 2 aromatic rings. The van der Waals surface area contributed by atoms with Crippen LogP contribution in [0.4, 0.5) is 5.82 Å². The van der Waals surface area contributed by atoms with Crippen LogP contribution in [0.25, 0.3) is 11.3 Å². The lowest BCUT2D eigenvalue weighted by atomic mass is 10.1. The molecule has 21 heavy (non-hydrogen) atoms. The molecule has 0 unspecified atom stereocenters. The Balaban J connectivity index is 2.62. The Hall–Kier alpha value is -2.28. The van der Waals surface area contributed by atoms with Gasteiger partial charge in [0.1, 0.15) is 17.3 Å². The van der Waals surface area contributed by atoms with Crippen LogP contribution in [-0.2, 0) is 12.0 Å². The summed E-state index contributed by atoms with van der Waals surface area (Å²) in [6.45, 7) is 8.51. The number of nitriles is 1. The third-order valence-electron chi connectivity index (χ3n) is 3.39. The second kappa shape index (κ2) is 5.61. The molecule has 2 N–H and O–H groups in total. The smallest absolute Gasteiger partial charge is 0.132 e. The summed E-state index contributed by atoms with van der Waals surface area (Å²) in [6.07, 6.45) is 1.91. The van der Waals surface area contributed by atoms with Crippen LogP contribution in [0.3, 0.4) is 0 Å². The summed E-state index contributed by atoms with van der Waals surface area (Å²) in [6, 6.07) is 9.59. The van der Waals surface area contributed by atoms with Gasteiger partial charge in [-0.15, -0.1) is 0 Å². The molecule has 0 saturated heterocycles. The van der Waals surface area contributed by atoms with Crippen molar-refractivity contribution >= 4 is 5.82 Å². The van der Waals surface area contributed by atoms with E-state index in [2.05, 4.69) is 38.3 Å². The van der Waals surface area contributed by atoms with Gasteiger partial charge in [-0.3, -0.25) is 0 Å². The van der Waals surface area contributed by atoms with Crippen LogP contribution < -0.4 is 5.73 Å². The van der Waals surface area contributed by atoms with Gasteiger partial charge in [0, 0.05) is 17.5 Å². The first-order valence-electron chi connectivity index (χ1n) is 7.26. The molecule has 0 spiro atoms. The van der Waals surface area contributed by atoms with E-state index in [-0.39, 0.29) is 5.54 Å². The lowest BCUT2D eigenvalue weighted by Crippen LogP contribution is -2.25. The molecule has 1 aromatic heterocycles. The summed E-state index contributed by atoms with van der Waals surface area (Å²) >= 11 is 0. The number of aryl methyl sites for hydroxylation is 1. The Kier molecular flexibility index (Phi) is 4.04. The highest BCUT2D eigenvalue weighted by Crippen LogP contribution is 2.32. The van der Waals surface area contributed by atoms with Crippen LogP contribution in [0.15, 0.2) is 24.3 Å². The molecule has 2 rings (SSSR count). The van der Waals surface area contributed by atoms with E-state index >= 15 is 0 Å². The quantitative estimate of drug-likeness (QED) is 0.933. The highest BCUT2D eigenvalue weighted by atomic mass is 15.2. The van der Waals surface area contributed by atoms with E-state index in [9.17, 15) is 0 Å². The van der Waals surface area contributed by atoms with Gasteiger partial charge in [0.15, 0.2) is 0 Å². The highest BCUT2D eigenvalue weighted by Gasteiger charge is 2.24. The van der Waals surface area contributed by atoms with Crippen LogP contribution in [0.5, 0.6) is 0 Å². The van der Waals surface area contributed by atoms with Gasteiger partial charge < -0.3 is 10.3 Å². The lowest BCUT2D eigenvalue weighted by molar-refractivity contribution is 0.387. The molecule has 4 nitrogen and oxygen atoms in total. The van der Waals surface area contributed by atoms with Gasteiger partial charge >= 0.3 is 0 Å². The normalized spacial score (nSPS) is 11.4. The molecule has 0 fully saturated rings. The Morgan fingerprint density at radius 1 is 1.33 bits per heavy atom. The number of nitrogens with two attached hydrogens (primary N) is 1. The predicted octanol–water partition coefficient (Wildman–Crippen LogP) is 3.71. The van der Waals surface area contributed by atoms with Crippen LogP contribution in [0, 0.1) is 11.3 Å². The average molecular weight is 282 g/mol. The summed E-state index contributed by atoms with van der Waals surface area (Å²) in [7, 11) is 0. The monoisotopic (exact) mass is 282 g/mol. The standard InChI is InChI=1S/C17H22N4/c1-5-7-14-20-15(16(19)21(14)17(2,3)4)13-9-6-8-12(10-13)11-18/h6,8-10H,5,7,19H2,1-4H3. The molecule has 0 aliphatic carbocycles. The maximum atomic E-state index is 9.04. The van der Waals surface area contributed by atoms with Crippen molar-refractivity contribution in [1.82, 2.24) is 9.55 Å². The van der Waals surface area contributed by atoms with Crippen molar-refractivity contribution in [3.63, 3.8) is 0 Å². The molecule has 0 aliphatic heterocycles. The minimum Gasteiger partial charge on any atom is -0.383 e. The molecule has 0 saturated carbocycles. The summed E-state index contributed by atoms with van der Waals surface area (Å²) in [5.41, 5.74) is 8.53. The Labute approximate surface area is 126 Å². The number of nitrogens with zero attached hydrogens (tertiary/aromatic N) is 3. The molecule has 1 heterocycles. The fourth-order valence-corrected chi connectivity index (χ4v) is 2.57. The summed E-state index contributed by atoms with van der Waals surface area (Å²) < 4.78 is 2.10. The lowest BCUT2D eigenvalue weighted by Gasteiger charge is -2.25. The van der Waals surface area contributed by atoms with Gasteiger partial charge in [0.2, 0.25) is 0 Å². The molecule has 1 aromatic carbocycles. The van der Waals surface area contributed by atoms with Crippen LogP contribution in [-0.4, -0.2) is 9.55 Å². The van der Waals surface area contributed by atoms with Crippen molar-refractivity contribution in [2.45, 2.75) is 46.1 Å². The van der Waals surface area contributed by atoms with Crippen molar-refractivity contribution in [3.8, 4) is 17.3 Å². The van der Waals surface area contributed by atoms with Gasteiger partial charge in [-0.05, 0) is 39.3 Å². The van der Waals surface area contributed by atoms with Crippen molar-refractivity contribution < 1.29 is 0 Å². The van der Waals surface area contributed by atoms with Crippen LogP contribution >= 0.6 is 0 Å². The first-order chi connectivity index (χ1) is 9.88. The topological polar surface area (TPSA) is 67.6 Å². The average Bonchev–Trinajstić information content (AvgIpc) is 2.76. The number of imidazole rings is 1. The second-order valence-electron chi connectivity index (χ2n) is 6.21. The number of hydrogen-bond acceptors (Lipinski definition) is 3. The summed E-state index contributed by atoms with van der Waals surface area (Å²) in [4.78, 5) is 4.74. The third kappa shape index (κ3) is 2.92. The molecule has 0 radical (unpaired) electrons. The largest absolute Gasteiger partial charge is 0.383 e. The number of hydrogen-bond donors (Lipinski definition) is 1. The number of nitrogen functional groups attached to an aromatic ring is 1. The molecule has 110 valence electrons. The van der Waals surface area contributed by atoms with E-state index in [1.807, 2.05) is 18.2 Å². The Morgan fingerprint density at radius 2 is 2.05 bits per heavy atom. The molecular weight excluding hydrogens is 260 g/mol. The third-order valence-corrected chi connectivity index (χ3v) is 3.39. The molecular formula is C17H22N4. The zero-order chi connectivity index (χ0) is 15.6. The van der Waals surface area contributed by atoms with E-state index in [1.165, 1.54) is 0 Å². The second-order valence-corrected chi connectivity index (χ2v) is 6.21. The van der Waals surface area contributed by atoms with Crippen molar-refractivity contribution in [3.05, 3.63) is 35.7 Å². The van der Waals surface area contributed by atoms with Crippen molar-refractivity contribution in [1.29, 1.82) is 5.26 Å². The van der Waals surface area contributed by atoms with Gasteiger partial charge in [-0.1, -0.05) is 19.1 Å². The number of benzene rings is 1. The highest BCUT2D eigenvalue weighted by molar-refractivity contribution is 5.72. The van der Waals surface area contributed by atoms with E-state index in [1.54, 1.807) is 6.07 Å². The van der Waals surface area contributed by atoms with Gasteiger partial charge in [-0.25, -0.2) is 4.98 Å². The number of aromatic nitrogens is 2. The Morgan fingerprint density at radius 3 is 2.62 bits per heavy atom. The SMILES string of the molecule is CCCc1nc(-c2cccc(C#N)c2)c(N)n1C(C)(C)C. The zero-order valence-corrected chi connectivity index (χ0v) is 13.1. The van der Waals surface area contributed by atoms with E-state index in [0.717, 1.165) is 29.9 Å². The van der Waals surface area contributed by atoms with Gasteiger partial charge in [-0.2, -0.15) is 5.26 Å². The molecule has 0 aliphatic rings. The molecule has 0 amide bonds. The minimum atomic E-state index is -0.118. The number of anilines is 1. The molecule has 4 heteroatoms. The maximum Gasteiger partial charge on any atom is 0.132 e. The van der Waals surface area contributed by atoms with E-state index in [4.69, 9.17) is 16.0 Å². The van der Waals surface area contributed by atoms with E-state index < -0.39 is 0 Å². The maximum absolute atomic E-state index is 9.04. The van der Waals surface area contributed by atoms with Crippen LogP contribution in [0.2, 0.25) is 0 Å². The van der Waals surface area contributed by atoms with E-state index in [0.29, 0.717) is 11.4 Å². The van der Waals surface area contributed by atoms with Gasteiger partial charge in [0.25, 0.3) is 0 Å². The van der Waals surface area contributed by atoms with Gasteiger partial charge in [0.05, 0.1) is 11.6 Å². The first kappa shape index (κ1) is 15.1. The fourth-order valence-electron chi connectivity index (χ4n) is 2.57. The molecule has 0 bridgehead atoms. The minimum absolute atomic E-state index is 0.118. The predicted molar refractivity (Wildman–Crippen MR) is 85.8 cm³/mol. The first-order valence-corrected chi connectivity index (χ1v) is 7.26. The number of rotatable bonds is 3. The fraction of sp³-hybridized carbons (Fsp3) is 0.412. The zero-order valence-electron chi connectivity index (χ0n) is 13.1. The Bertz CT molecular complexity index is 684. The summed E-state index contributed by atoms with van der Waals surface area (Å²) in [5, 5.41) is 9.04.